The third-order valence-electron chi connectivity index (χ3n) is 2.48. The SMILES string of the molecule is Clc1ccc(-c2csc3ccccc23)nc1. The van der Waals surface area contributed by atoms with Crippen molar-refractivity contribution in [2.24, 2.45) is 0 Å². The number of benzene rings is 1. The van der Waals surface area contributed by atoms with Crippen LogP contribution in [0.15, 0.2) is 48.0 Å². The molecule has 1 aromatic carbocycles. The molecule has 2 aromatic heterocycles. The van der Waals surface area contributed by atoms with E-state index >= 15 is 0 Å². The molecule has 78 valence electrons. The van der Waals surface area contributed by atoms with Crippen LogP contribution < -0.4 is 0 Å². The van der Waals surface area contributed by atoms with Crippen LogP contribution in [0.4, 0.5) is 0 Å². The number of nitrogens with zero attached hydrogens (tertiary/aromatic N) is 1. The minimum atomic E-state index is 0.670. The molecule has 16 heavy (non-hydrogen) atoms. The fourth-order valence-corrected chi connectivity index (χ4v) is 2.78. The summed E-state index contributed by atoms with van der Waals surface area (Å²) >= 11 is 7.57. The van der Waals surface area contributed by atoms with Crippen molar-refractivity contribution in [3.63, 3.8) is 0 Å². The monoisotopic (exact) mass is 245 g/mol. The molecular formula is C13H8ClNS. The summed E-state index contributed by atoms with van der Waals surface area (Å²) in [5, 5.41) is 4.06. The van der Waals surface area contributed by atoms with Crippen molar-refractivity contribution in [1.29, 1.82) is 0 Å². The predicted molar refractivity (Wildman–Crippen MR) is 70.1 cm³/mol. The largest absolute Gasteiger partial charge is 0.255 e. The highest BCUT2D eigenvalue weighted by molar-refractivity contribution is 7.17. The van der Waals surface area contributed by atoms with E-state index in [1.54, 1.807) is 17.5 Å². The number of thiophene rings is 1. The van der Waals surface area contributed by atoms with E-state index < -0.39 is 0 Å². The van der Waals surface area contributed by atoms with Crippen molar-refractivity contribution in [2.45, 2.75) is 0 Å². The zero-order valence-corrected chi connectivity index (χ0v) is 9.92. The molecule has 1 nitrogen and oxygen atoms in total. The number of halogens is 1. The summed E-state index contributed by atoms with van der Waals surface area (Å²) < 4.78 is 1.29. The zero-order chi connectivity index (χ0) is 11.0. The van der Waals surface area contributed by atoms with Gasteiger partial charge >= 0.3 is 0 Å². The molecule has 3 aromatic rings. The topological polar surface area (TPSA) is 12.9 Å². The van der Waals surface area contributed by atoms with Gasteiger partial charge in [0.05, 0.1) is 10.7 Å². The van der Waals surface area contributed by atoms with Gasteiger partial charge < -0.3 is 0 Å². The minimum absolute atomic E-state index is 0.670. The number of rotatable bonds is 1. The van der Waals surface area contributed by atoms with Gasteiger partial charge in [-0.25, -0.2) is 0 Å². The van der Waals surface area contributed by atoms with Crippen LogP contribution >= 0.6 is 22.9 Å². The Morgan fingerprint density at radius 2 is 1.94 bits per heavy atom. The molecular weight excluding hydrogens is 238 g/mol. The molecule has 0 spiro atoms. The fourth-order valence-electron chi connectivity index (χ4n) is 1.71. The Bertz CT molecular complexity index is 628. The number of fused-ring (bicyclic) bond motifs is 1. The second-order valence-corrected chi connectivity index (χ2v) is 4.85. The summed E-state index contributed by atoms with van der Waals surface area (Å²) in [5.41, 5.74) is 2.15. The molecule has 0 saturated carbocycles. The van der Waals surface area contributed by atoms with E-state index in [9.17, 15) is 0 Å². The third kappa shape index (κ3) is 1.60. The van der Waals surface area contributed by atoms with Crippen LogP contribution in [0, 0.1) is 0 Å². The molecule has 0 fully saturated rings. The van der Waals surface area contributed by atoms with Gasteiger partial charge in [-0.2, -0.15) is 0 Å². The fraction of sp³-hybridized carbons (Fsp3) is 0. The molecule has 0 atom stereocenters. The van der Waals surface area contributed by atoms with Crippen LogP contribution in [0.1, 0.15) is 0 Å². The first-order valence-electron chi connectivity index (χ1n) is 4.93. The quantitative estimate of drug-likeness (QED) is 0.610. The zero-order valence-electron chi connectivity index (χ0n) is 8.35. The Morgan fingerprint density at radius 1 is 1.06 bits per heavy atom. The smallest absolute Gasteiger partial charge is 0.0717 e. The molecule has 0 radical (unpaired) electrons. The lowest BCUT2D eigenvalue weighted by atomic mass is 10.1. The lowest BCUT2D eigenvalue weighted by molar-refractivity contribution is 1.34. The van der Waals surface area contributed by atoms with Crippen LogP contribution in [-0.2, 0) is 0 Å². The molecule has 0 aliphatic heterocycles. The van der Waals surface area contributed by atoms with E-state index in [-0.39, 0.29) is 0 Å². The van der Waals surface area contributed by atoms with Crippen molar-refractivity contribution < 1.29 is 0 Å². The van der Waals surface area contributed by atoms with Crippen LogP contribution in [0.25, 0.3) is 21.3 Å². The van der Waals surface area contributed by atoms with Gasteiger partial charge in [0, 0.05) is 27.2 Å². The van der Waals surface area contributed by atoms with Crippen molar-refractivity contribution in [2.75, 3.05) is 0 Å². The number of hydrogen-bond donors (Lipinski definition) is 0. The van der Waals surface area contributed by atoms with E-state index in [4.69, 9.17) is 11.6 Å². The van der Waals surface area contributed by atoms with Gasteiger partial charge in [0.25, 0.3) is 0 Å². The van der Waals surface area contributed by atoms with E-state index in [0.29, 0.717) is 5.02 Å². The molecule has 2 heterocycles. The normalized spacial score (nSPS) is 10.8. The molecule has 0 unspecified atom stereocenters. The van der Waals surface area contributed by atoms with Crippen LogP contribution in [0.2, 0.25) is 5.02 Å². The molecule has 0 aliphatic rings. The van der Waals surface area contributed by atoms with E-state index in [1.807, 2.05) is 12.1 Å². The van der Waals surface area contributed by atoms with Crippen molar-refractivity contribution in [1.82, 2.24) is 4.98 Å². The van der Waals surface area contributed by atoms with E-state index in [0.717, 1.165) is 5.69 Å². The molecule has 0 saturated heterocycles. The van der Waals surface area contributed by atoms with Crippen molar-refractivity contribution in [3.05, 3.63) is 53.0 Å². The Labute approximate surface area is 102 Å². The maximum absolute atomic E-state index is 5.83. The molecule has 0 aliphatic carbocycles. The Hall–Kier alpha value is -1.38. The van der Waals surface area contributed by atoms with Gasteiger partial charge in [0.1, 0.15) is 0 Å². The molecule has 0 bridgehead atoms. The Kier molecular flexibility index (Phi) is 2.39. The summed E-state index contributed by atoms with van der Waals surface area (Å²) in [5.74, 6) is 0. The predicted octanol–water partition coefficient (Wildman–Crippen LogP) is 4.62. The van der Waals surface area contributed by atoms with Gasteiger partial charge in [-0.05, 0) is 18.2 Å². The molecule has 3 heteroatoms. The highest BCUT2D eigenvalue weighted by Gasteiger charge is 2.06. The first kappa shape index (κ1) is 9.82. The van der Waals surface area contributed by atoms with E-state index in [1.165, 1.54) is 15.6 Å². The van der Waals surface area contributed by atoms with Crippen LogP contribution in [0.3, 0.4) is 0 Å². The number of pyridine rings is 1. The lowest BCUT2D eigenvalue weighted by Crippen LogP contribution is -1.80. The Morgan fingerprint density at radius 3 is 2.75 bits per heavy atom. The third-order valence-corrected chi connectivity index (χ3v) is 3.67. The summed E-state index contributed by atoms with van der Waals surface area (Å²) in [6, 6.07) is 12.2. The molecule has 0 amide bonds. The highest BCUT2D eigenvalue weighted by Crippen LogP contribution is 2.32. The highest BCUT2D eigenvalue weighted by atomic mass is 35.5. The molecule has 3 rings (SSSR count). The lowest BCUT2D eigenvalue weighted by Gasteiger charge is -1.98. The number of hydrogen-bond acceptors (Lipinski definition) is 2. The average molecular weight is 246 g/mol. The Balaban J connectivity index is 2.22. The minimum Gasteiger partial charge on any atom is -0.255 e. The summed E-state index contributed by atoms with van der Waals surface area (Å²) in [6.45, 7) is 0. The second kappa shape index (κ2) is 3.89. The second-order valence-electron chi connectivity index (χ2n) is 3.51. The first-order valence-corrected chi connectivity index (χ1v) is 6.18. The standard InChI is InChI=1S/C13H8ClNS/c14-9-5-6-12(15-7-9)11-8-16-13-4-2-1-3-10(11)13/h1-8H. The maximum atomic E-state index is 5.83. The van der Waals surface area contributed by atoms with Crippen molar-refractivity contribution >= 4 is 33.0 Å². The maximum Gasteiger partial charge on any atom is 0.0717 e. The van der Waals surface area contributed by atoms with Gasteiger partial charge in [0.15, 0.2) is 0 Å². The summed E-state index contributed by atoms with van der Waals surface area (Å²) in [6.07, 6.45) is 1.68. The van der Waals surface area contributed by atoms with Crippen LogP contribution in [0.5, 0.6) is 0 Å². The number of aromatic nitrogens is 1. The van der Waals surface area contributed by atoms with Crippen LogP contribution in [-0.4, -0.2) is 4.98 Å². The van der Waals surface area contributed by atoms with Gasteiger partial charge in [-0.15, -0.1) is 11.3 Å². The first-order chi connectivity index (χ1) is 7.84. The average Bonchev–Trinajstić information content (AvgIpc) is 2.74. The van der Waals surface area contributed by atoms with Gasteiger partial charge in [0.2, 0.25) is 0 Å². The van der Waals surface area contributed by atoms with Gasteiger partial charge in [-0.3, -0.25) is 4.98 Å². The van der Waals surface area contributed by atoms with Crippen molar-refractivity contribution in [3.8, 4) is 11.3 Å². The molecule has 0 N–H and O–H groups in total. The van der Waals surface area contributed by atoms with Gasteiger partial charge in [-0.1, -0.05) is 29.8 Å². The summed E-state index contributed by atoms with van der Waals surface area (Å²) in [4.78, 5) is 4.35. The summed E-state index contributed by atoms with van der Waals surface area (Å²) in [7, 11) is 0. The van der Waals surface area contributed by atoms with E-state index in [2.05, 4.69) is 34.6 Å².